The number of rotatable bonds is 8. The first-order chi connectivity index (χ1) is 12.3. The van der Waals surface area contributed by atoms with Gasteiger partial charge in [-0.3, -0.25) is 14.5 Å². The van der Waals surface area contributed by atoms with Gasteiger partial charge in [-0.2, -0.15) is 0 Å². The van der Waals surface area contributed by atoms with Gasteiger partial charge < -0.3 is 24.8 Å². The lowest BCUT2D eigenvalue weighted by atomic mass is 9.85. The molecule has 1 aliphatic heterocycles. The van der Waals surface area contributed by atoms with Crippen LogP contribution >= 0.6 is 0 Å². The topological polar surface area (TPSA) is 108 Å². The number of likely N-dealkylation sites (N-methyl/N-ethyl adjacent to an activating group) is 1. The van der Waals surface area contributed by atoms with E-state index in [1.165, 1.54) is 14.2 Å². The van der Waals surface area contributed by atoms with Crippen LogP contribution in [0.1, 0.15) is 26.2 Å². The highest BCUT2D eigenvalue weighted by Gasteiger charge is 2.47. The van der Waals surface area contributed by atoms with Gasteiger partial charge in [0, 0.05) is 32.3 Å². The highest BCUT2D eigenvalue weighted by Crippen LogP contribution is 2.33. The average Bonchev–Trinajstić information content (AvgIpc) is 3.00. The second kappa shape index (κ2) is 8.68. The third-order valence-electron chi connectivity index (χ3n) is 5.38. The van der Waals surface area contributed by atoms with Crippen molar-refractivity contribution in [3.05, 3.63) is 0 Å². The van der Waals surface area contributed by atoms with Crippen LogP contribution in [-0.2, 0) is 19.1 Å². The first-order valence-corrected chi connectivity index (χ1v) is 8.93. The monoisotopic (exact) mass is 371 g/mol. The highest BCUT2D eigenvalue weighted by atomic mass is 16.5. The summed E-state index contributed by atoms with van der Waals surface area (Å²) in [5, 5.41) is 11.9. The van der Waals surface area contributed by atoms with Gasteiger partial charge in [-0.1, -0.05) is 6.92 Å². The fourth-order valence-corrected chi connectivity index (χ4v) is 3.82. The molecule has 0 radical (unpaired) electrons. The zero-order chi connectivity index (χ0) is 19.3. The molecule has 1 unspecified atom stereocenters. The molecular weight excluding hydrogens is 342 g/mol. The number of hydrogen-bond acceptors (Lipinski definition) is 6. The van der Waals surface area contributed by atoms with Crippen LogP contribution < -0.4 is 5.32 Å². The standard InChI is InChI=1S/C17H29N3O6/c1-4-19(9-14(21)22)13-7-12(8-13)18-16(24)20-6-5-17(10-20,11-25-2)15(23)26-3/h12-13H,4-11H2,1-3H3,(H,18,24)(H,21,22). The number of esters is 1. The largest absolute Gasteiger partial charge is 0.480 e. The minimum atomic E-state index is -0.839. The number of aliphatic carboxylic acids is 1. The maximum Gasteiger partial charge on any atom is 0.317 e. The van der Waals surface area contributed by atoms with Gasteiger partial charge >= 0.3 is 18.0 Å². The number of urea groups is 1. The Hall–Kier alpha value is -1.87. The molecule has 26 heavy (non-hydrogen) atoms. The fraction of sp³-hybridized carbons (Fsp3) is 0.824. The van der Waals surface area contributed by atoms with Crippen LogP contribution in [0.5, 0.6) is 0 Å². The number of nitrogens with one attached hydrogen (secondary N) is 1. The summed E-state index contributed by atoms with van der Waals surface area (Å²) < 4.78 is 10.1. The molecular formula is C17H29N3O6. The minimum Gasteiger partial charge on any atom is -0.480 e. The third kappa shape index (κ3) is 4.45. The summed E-state index contributed by atoms with van der Waals surface area (Å²) in [4.78, 5) is 39.0. The average molecular weight is 371 g/mol. The van der Waals surface area contributed by atoms with Crippen molar-refractivity contribution in [1.29, 1.82) is 0 Å². The van der Waals surface area contributed by atoms with Crippen molar-refractivity contribution in [2.45, 2.75) is 38.3 Å². The van der Waals surface area contributed by atoms with E-state index in [2.05, 4.69) is 5.32 Å². The summed E-state index contributed by atoms with van der Waals surface area (Å²) in [5.41, 5.74) is -0.802. The van der Waals surface area contributed by atoms with Crippen molar-refractivity contribution in [2.75, 3.05) is 47.0 Å². The SMILES string of the molecule is CCN(CC(=O)O)C1CC(NC(=O)N2CCC(COC)(C(=O)OC)C2)C1. The van der Waals surface area contributed by atoms with Gasteiger partial charge in [0.1, 0.15) is 5.41 Å². The third-order valence-corrected chi connectivity index (χ3v) is 5.38. The molecule has 9 nitrogen and oxygen atoms in total. The number of carbonyl (C=O) groups is 3. The van der Waals surface area contributed by atoms with Crippen LogP contribution in [0, 0.1) is 5.41 Å². The second-order valence-electron chi connectivity index (χ2n) is 7.10. The lowest BCUT2D eigenvalue weighted by Gasteiger charge is -2.42. The van der Waals surface area contributed by atoms with Crippen LogP contribution in [0.3, 0.4) is 0 Å². The Morgan fingerprint density at radius 2 is 2.00 bits per heavy atom. The van der Waals surface area contributed by atoms with Crippen molar-refractivity contribution in [3.63, 3.8) is 0 Å². The van der Waals surface area contributed by atoms with Crippen molar-refractivity contribution in [3.8, 4) is 0 Å². The Labute approximate surface area is 153 Å². The van der Waals surface area contributed by atoms with E-state index < -0.39 is 11.4 Å². The Bertz CT molecular complexity index is 537. The van der Waals surface area contributed by atoms with Gasteiger partial charge in [-0.15, -0.1) is 0 Å². The van der Waals surface area contributed by atoms with Crippen molar-refractivity contribution < 1.29 is 29.0 Å². The van der Waals surface area contributed by atoms with Crippen LogP contribution in [-0.4, -0.2) is 92.0 Å². The zero-order valence-corrected chi connectivity index (χ0v) is 15.7. The van der Waals surface area contributed by atoms with E-state index in [0.717, 1.165) is 12.8 Å². The smallest absolute Gasteiger partial charge is 0.317 e. The van der Waals surface area contributed by atoms with E-state index in [9.17, 15) is 14.4 Å². The van der Waals surface area contributed by atoms with Gasteiger partial charge in [-0.05, 0) is 25.8 Å². The molecule has 2 N–H and O–H groups in total. The normalized spacial score (nSPS) is 27.9. The predicted octanol–water partition coefficient (Wildman–Crippen LogP) is 0.145. The number of nitrogens with zero attached hydrogens (tertiary/aromatic N) is 2. The number of methoxy groups -OCH3 is 2. The summed E-state index contributed by atoms with van der Waals surface area (Å²) >= 11 is 0. The van der Waals surface area contributed by atoms with Gasteiger partial charge in [-0.25, -0.2) is 4.79 Å². The molecule has 0 aromatic carbocycles. The molecule has 2 amide bonds. The molecule has 1 saturated carbocycles. The molecule has 1 heterocycles. The number of ether oxygens (including phenoxy) is 2. The van der Waals surface area contributed by atoms with Crippen LogP contribution in [0.2, 0.25) is 0 Å². The first kappa shape index (κ1) is 20.4. The number of amides is 2. The lowest BCUT2D eigenvalue weighted by Crippen LogP contribution is -2.56. The molecule has 2 fully saturated rings. The molecule has 1 saturated heterocycles. The molecule has 9 heteroatoms. The Morgan fingerprint density at radius 3 is 2.54 bits per heavy atom. The minimum absolute atomic E-state index is 0.0205. The van der Waals surface area contributed by atoms with Gasteiger partial charge in [0.15, 0.2) is 0 Å². The molecule has 2 rings (SSSR count). The van der Waals surface area contributed by atoms with Gasteiger partial charge in [0.25, 0.3) is 0 Å². The second-order valence-corrected chi connectivity index (χ2v) is 7.10. The number of carboxylic acid groups (broad SMARTS) is 1. The molecule has 0 bridgehead atoms. The van der Waals surface area contributed by atoms with Crippen molar-refractivity contribution in [2.24, 2.45) is 5.41 Å². The van der Waals surface area contributed by atoms with Crippen molar-refractivity contribution >= 4 is 18.0 Å². The van der Waals surface area contributed by atoms with E-state index in [-0.39, 0.29) is 43.8 Å². The van der Waals surface area contributed by atoms with Gasteiger partial charge in [0.05, 0.1) is 20.3 Å². The fourth-order valence-electron chi connectivity index (χ4n) is 3.82. The molecule has 0 spiro atoms. The van der Waals surface area contributed by atoms with Gasteiger partial charge in [0.2, 0.25) is 0 Å². The maximum absolute atomic E-state index is 12.5. The van der Waals surface area contributed by atoms with Crippen LogP contribution in [0.25, 0.3) is 0 Å². The summed E-state index contributed by atoms with van der Waals surface area (Å²) in [6.07, 6.45) is 1.98. The Morgan fingerprint density at radius 1 is 1.31 bits per heavy atom. The van der Waals surface area contributed by atoms with E-state index >= 15 is 0 Å². The van der Waals surface area contributed by atoms with E-state index in [4.69, 9.17) is 14.6 Å². The first-order valence-electron chi connectivity index (χ1n) is 8.93. The Kier molecular flexibility index (Phi) is 6.82. The number of hydrogen-bond donors (Lipinski definition) is 2. The quantitative estimate of drug-likeness (QED) is 0.585. The van der Waals surface area contributed by atoms with E-state index in [1.807, 2.05) is 11.8 Å². The van der Waals surface area contributed by atoms with Crippen LogP contribution in [0.15, 0.2) is 0 Å². The van der Waals surface area contributed by atoms with Crippen molar-refractivity contribution in [1.82, 2.24) is 15.1 Å². The molecule has 1 aliphatic carbocycles. The highest BCUT2D eigenvalue weighted by molar-refractivity contribution is 5.81. The van der Waals surface area contributed by atoms with Crippen LogP contribution in [0.4, 0.5) is 4.79 Å². The molecule has 0 aromatic heterocycles. The van der Waals surface area contributed by atoms with E-state index in [1.54, 1.807) is 4.90 Å². The number of likely N-dealkylation sites (tertiary alicyclic amines) is 1. The molecule has 148 valence electrons. The molecule has 2 aliphatic rings. The lowest BCUT2D eigenvalue weighted by molar-refractivity contribution is -0.155. The Balaban J connectivity index is 1.83. The van der Waals surface area contributed by atoms with E-state index in [0.29, 0.717) is 19.5 Å². The number of carbonyl (C=O) groups excluding carboxylic acids is 2. The molecule has 1 atom stereocenters. The predicted molar refractivity (Wildman–Crippen MR) is 92.7 cm³/mol. The summed E-state index contributed by atoms with van der Waals surface area (Å²) in [5.74, 6) is -1.20. The summed E-state index contributed by atoms with van der Waals surface area (Å²) in [7, 11) is 2.87. The maximum atomic E-state index is 12.5. The summed E-state index contributed by atoms with van der Waals surface area (Å²) in [6.45, 7) is 3.59. The molecule has 0 aromatic rings. The zero-order valence-electron chi connectivity index (χ0n) is 15.7. The summed E-state index contributed by atoms with van der Waals surface area (Å²) in [6, 6.07) is 0.0186. The number of carboxylic acids is 1.